The van der Waals surface area contributed by atoms with Gasteiger partial charge in [-0.25, -0.2) is 4.39 Å². The molecule has 0 bridgehead atoms. The van der Waals surface area contributed by atoms with Crippen LogP contribution in [0.3, 0.4) is 0 Å². The van der Waals surface area contributed by atoms with E-state index < -0.39 is 0 Å². The summed E-state index contributed by atoms with van der Waals surface area (Å²) < 4.78 is 22.0. The standard InChI is InChI=1S/C21H22FN3O2S/c1-14-3-4-15(2)25(14)19-7-12-28-20(19)21(26)23-16-5-6-18(17(22)13-16)24-8-10-27-11-9-24/h3-7,12-13H,8-11H2,1-2H3,(H,23,26). The molecule has 0 aliphatic carbocycles. The maximum Gasteiger partial charge on any atom is 0.267 e. The topological polar surface area (TPSA) is 46.5 Å². The summed E-state index contributed by atoms with van der Waals surface area (Å²) in [5, 5.41) is 4.73. The first-order valence-corrected chi connectivity index (χ1v) is 10.1. The fraction of sp³-hybridized carbons (Fsp3) is 0.286. The van der Waals surface area contributed by atoms with Gasteiger partial charge in [0.15, 0.2) is 0 Å². The average Bonchev–Trinajstić information content (AvgIpc) is 3.28. The third-order valence-corrected chi connectivity index (χ3v) is 5.82. The van der Waals surface area contributed by atoms with E-state index in [1.807, 2.05) is 46.9 Å². The fourth-order valence-electron chi connectivity index (χ4n) is 3.53. The zero-order chi connectivity index (χ0) is 19.7. The van der Waals surface area contributed by atoms with Gasteiger partial charge in [0.25, 0.3) is 5.91 Å². The highest BCUT2D eigenvalue weighted by molar-refractivity contribution is 7.12. The summed E-state index contributed by atoms with van der Waals surface area (Å²) in [4.78, 5) is 15.4. The van der Waals surface area contributed by atoms with Crippen LogP contribution in [0.15, 0.2) is 41.8 Å². The number of carbonyl (C=O) groups is 1. The van der Waals surface area contributed by atoms with Crippen LogP contribution in [0.2, 0.25) is 0 Å². The second kappa shape index (κ2) is 7.77. The molecule has 5 nitrogen and oxygen atoms in total. The summed E-state index contributed by atoms with van der Waals surface area (Å²) >= 11 is 1.37. The summed E-state index contributed by atoms with van der Waals surface area (Å²) in [6.45, 7) is 6.53. The van der Waals surface area contributed by atoms with Crippen molar-refractivity contribution in [3.63, 3.8) is 0 Å². The Hall–Kier alpha value is -2.64. The van der Waals surface area contributed by atoms with Gasteiger partial charge < -0.3 is 19.5 Å². The van der Waals surface area contributed by atoms with E-state index >= 15 is 0 Å². The molecule has 1 N–H and O–H groups in total. The molecule has 1 aliphatic rings. The number of carbonyl (C=O) groups excluding carboxylic acids is 1. The number of benzene rings is 1. The average molecular weight is 399 g/mol. The van der Waals surface area contributed by atoms with Crippen LogP contribution in [0.4, 0.5) is 15.8 Å². The van der Waals surface area contributed by atoms with Crippen LogP contribution >= 0.6 is 11.3 Å². The molecule has 1 amide bonds. The van der Waals surface area contributed by atoms with E-state index in [1.165, 1.54) is 17.4 Å². The van der Waals surface area contributed by atoms with Gasteiger partial charge in [-0.3, -0.25) is 4.79 Å². The zero-order valence-electron chi connectivity index (χ0n) is 15.9. The number of halogens is 1. The Morgan fingerprint density at radius 2 is 1.79 bits per heavy atom. The highest BCUT2D eigenvalue weighted by Gasteiger charge is 2.19. The molecule has 0 unspecified atom stereocenters. The van der Waals surface area contributed by atoms with Gasteiger partial charge in [0, 0.05) is 30.2 Å². The number of aromatic nitrogens is 1. The van der Waals surface area contributed by atoms with Gasteiger partial charge >= 0.3 is 0 Å². The largest absolute Gasteiger partial charge is 0.378 e. The lowest BCUT2D eigenvalue weighted by Gasteiger charge is -2.29. The van der Waals surface area contributed by atoms with Crippen LogP contribution in [-0.4, -0.2) is 36.8 Å². The number of ether oxygens (including phenoxy) is 1. The number of nitrogens with zero attached hydrogens (tertiary/aromatic N) is 2. The van der Waals surface area contributed by atoms with Gasteiger partial charge in [0.2, 0.25) is 0 Å². The van der Waals surface area contributed by atoms with E-state index in [0.717, 1.165) is 17.1 Å². The second-order valence-electron chi connectivity index (χ2n) is 6.81. The van der Waals surface area contributed by atoms with Crippen molar-refractivity contribution >= 4 is 28.6 Å². The normalized spacial score (nSPS) is 14.3. The third-order valence-electron chi connectivity index (χ3n) is 4.92. The van der Waals surface area contributed by atoms with Gasteiger partial charge in [0.1, 0.15) is 10.7 Å². The molecule has 0 atom stereocenters. The lowest BCUT2D eigenvalue weighted by Crippen LogP contribution is -2.36. The molecule has 3 heterocycles. The van der Waals surface area contributed by atoms with Crippen LogP contribution in [0.1, 0.15) is 21.1 Å². The first kappa shape index (κ1) is 18.7. The molecule has 1 fully saturated rings. The summed E-state index contributed by atoms with van der Waals surface area (Å²) in [6, 6.07) is 10.8. The molecule has 1 saturated heterocycles. The Morgan fingerprint density at radius 3 is 2.46 bits per heavy atom. The molecule has 146 valence electrons. The number of nitrogens with one attached hydrogen (secondary N) is 1. The van der Waals surface area contributed by atoms with E-state index in [1.54, 1.807) is 12.1 Å². The molecule has 4 rings (SSSR count). The van der Waals surface area contributed by atoms with Crippen molar-refractivity contribution in [1.29, 1.82) is 0 Å². The van der Waals surface area contributed by atoms with Crippen molar-refractivity contribution < 1.29 is 13.9 Å². The Bertz CT molecular complexity index is 986. The molecule has 3 aromatic rings. The minimum atomic E-state index is -0.344. The number of amides is 1. The molecular formula is C21H22FN3O2S. The SMILES string of the molecule is Cc1ccc(C)n1-c1ccsc1C(=O)Nc1ccc(N2CCOCC2)c(F)c1. The smallest absolute Gasteiger partial charge is 0.267 e. The molecule has 1 aromatic carbocycles. The van der Waals surface area contributed by atoms with Gasteiger partial charge in [-0.1, -0.05) is 0 Å². The van der Waals surface area contributed by atoms with E-state index in [0.29, 0.717) is 42.6 Å². The Labute approximate surface area is 167 Å². The van der Waals surface area contributed by atoms with E-state index in [9.17, 15) is 9.18 Å². The molecule has 28 heavy (non-hydrogen) atoms. The number of morpholine rings is 1. The Kier molecular flexibility index (Phi) is 5.19. The molecular weight excluding hydrogens is 377 g/mol. The quantitative estimate of drug-likeness (QED) is 0.708. The van der Waals surface area contributed by atoms with Crippen molar-refractivity contribution in [2.45, 2.75) is 13.8 Å². The zero-order valence-corrected chi connectivity index (χ0v) is 16.7. The van der Waals surface area contributed by atoms with Gasteiger partial charge in [-0.05, 0) is 55.6 Å². The highest BCUT2D eigenvalue weighted by atomic mass is 32.1. The van der Waals surface area contributed by atoms with Crippen LogP contribution in [-0.2, 0) is 4.74 Å². The molecule has 2 aromatic heterocycles. The lowest BCUT2D eigenvalue weighted by molar-refractivity contribution is 0.103. The highest BCUT2D eigenvalue weighted by Crippen LogP contribution is 2.28. The van der Waals surface area contributed by atoms with Gasteiger partial charge in [-0.15, -0.1) is 11.3 Å². The number of thiophene rings is 1. The molecule has 0 spiro atoms. The maximum atomic E-state index is 14.6. The number of anilines is 2. The van der Waals surface area contributed by atoms with Gasteiger partial charge in [-0.2, -0.15) is 0 Å². The van der Waals surface area contributed by atoms with Crippen LogP contribution in [0.5, 0.6) is 0 Å². The maximum absolute atomic E-state index is 14.6. The van der Waals surface area contributed by atoms with E-state index in [4.69, 9.17) is 4.74 Å². The van der Waals surface area contributed by atoms with Crippen molar-refractivity contribution in [3.05, 3.63) is 63.9 Å². The van der Waals surface area contributed by atoms with Crippen molar-refractivity contribution in [2.24, 2.45) is 0 Å². The number of hydrogen-bond donors (Lipinski definition) is 1. The second-order valence-corrected chi connectivity index (χ2v) is 7.72. The Morgan fingerprint density at radius 1 is 1.07 bits per heavy atom. The molecule has 7 heteroatoms. The fourth-order valence-corrected chi connectivity index (χ4v) is 4.30. The summed E-state index contributed by atoms with van der Waals surface area (Å²) in [6.07, 6.45) is 0. The van der Waals surface area contributed by atoms with Crippen LogP contribution in [0.25, 0.3) is 5.69 Å². The van der Waals surface area contributed by atoms with E-state index in [2.05, 4.69) is 5.32 Å². The van der Waals surface area contributed by atoms with Crippen LogP contribution < -0.4 is 10.2 Å². The molecule has 0 saturated carbocycles. The molecule has 0 radical (unpaired) electrons. The first-order chi connectivity index (χ1) is 13.5. The lowest BCUT2D eigenvalue weighted by atomic mass is 10.2. The third kappa shape index (κ3) is 3.55. The Balaban J connectivity index is 1.55. The first-order valence-electron chi connectivity index (χ1n) is 9.21. The predicted molar refractivity (Wildman–Crippen MR) is 111 cm³/mol. The number of hydrogen-bond acceptors (Lipinski definition) is 4. The number of aryl methyl sites for hydroxylation is 2. The van der Waals surface area contributed by atoms with Crippen LogP contribution in [0, 0.1) is 19.7 Å². The van der Waals surface area contributed by atoms with E-state index in [-0.39, 0.29) is 11.7 Å². The number of rotatable bonds is 4. The van der Waals surface area contributed by atoms with Gasteiger partial charge in [0.05, 0.1) is 24.6 Å². The summed E-state index contributed by atoms with van der Waals surface area (Å²) in [7, 11) is 0. The van der Waals surface area contributed by atoms with Crippen molar-refractivity contribution in [1.82, 2.24) is 4.57 Å². The minimum absolute atomic E-state index is 0.240. The summed E-state index contributed by atoms with van der Waals surface area (Å²) in [5.74, 6) is -0.584. The monoisotopic (exact) mass is 399 g/mol. The van der Waals surface area contributed by atoms with Crippen molar-refractivity contribution in [3.8, 4) is 5.69 Å². The minimum Gasteiger partial charge on any atom is -0.378 e. The summed E-state index contributed by atoms with van der Waals surface area (Å²) in [5.41, 5.74) is 3.95. The van der Waals surface area contributed by atoms with Crippen molar-refractivity contribution in [2.75, 3.05) is 36.5 Å². The predicted octanol–water partition coefficient (Wildman–Crippen LogP) is 4.38. The molecule has 1 aliphatic heterocycles.